The van der Waals surface area contributed by atoms with Gasteiger partial charge in [-0.05, 0) is 36.2 Å². The molecular weight excluding hydrogens is 388 g/mol. The lowest BCUT2D eigenvalue weighted by Crippen LogP contribution is -2.31. The summed E-state index contributed by atoms with van der Waals surface area (Å²) in [5.41, 5.74) is 3.16. The molecule has 154 valence electrons. The fraction of sp³-hybridized carbons (Fsp3) is 0.125. The zero-order valence-electron chi connectivity index (χ0n) is 17.1. The zero-order valence-corrected chi connectivity index (χ0v) is 17.1. The average Bonchev–Trinajstić information content (AvgIpc) is 2.85. The molecule has 3 aromatic heterocycles. The molecule has 1 atom stereocenters. The summed E-state index contributed by atoms with van der Waals surface area (Å²) in [6.07, 6.45) is 7.22. The molecule has 0 aliphatic rings. The third-order valence-electron chi connectivity index (χ3n) is 4.81. The van der Waals surface area contributed by atoms with Crippen LogP contribution < -0.4 is 10.6 Å². The second kappa shape index (κ2) is 9.58. The second-order valence-electron chi connectivity index (χ2n) is 6.95. The minimum Gasteiger partial charge on any atom is -0.373 e. The van der Waals surface area contributed by atoms with Crippen LogP contribution in [0.15, 0.2) is 85.5 Å². The van der Waals surface area contributed by atoms with Gasteiger partial charge in [-0.15, -0.1) is 0 Å². The SMILES string of the molecule is CNc1cc([C@H](Cc2ccccc2)NC(=O)c2ccncc2)nc(-c2cccnc2)n1. The Hall–Kier alpha value is -4.13. The van der Waals surface area contributed by atoms with Crippen LogP contribution in [0.25, 0.3) is 11.4 Å². The number of hydrogen-bond donors (Lipinski definition) is 2. The maximum atomic E-state index is 12.9. The fourth-order valence-corrected chi connectivity index (χ4v) is 3.22. The van der Waals surface area contributed by atoms with Crippen molar-refractivity contribution in [3.05, 3.63) is 102 Å². The van der Waals surface area contributed by atoms with E-state index in [4.69, 9.17) is 4.98 Å². The number of nitrogens with one attached hydrogen (secondary N) is 2. The van der Waals surface area contributed by atoms with E-state index in [0.717, 1.165) is 11.1 Å². The molecule has 1 aromatic carbocycles. The normalized spacial score (nSPS) is 11.5. The van der Waals surface area contributed by atoms with Crippen LogP contribution in [0.4, 0.5) is 5.82 Å². The van der Waals surface area contributed by atoms with Gasteiger partial charge in [0.25, 0.3) is 5.91 Å². The van der Waals surface area contributed by atoms with Crippen LogP contribution in [-0.2, 0) is 6.42 Å². The van der Waals surface area contributed by atoms with Gasteiger partial charge in [0.15, 0.2) is 5.82 Å². The first kappa shape index (κ1) is 20.2. The maximum absolute atomic E-state index is 12.9. The van der Waals surface area contributed by atoms with Crippen LogP contribution in [0, 0.1) is 0 Å². The lowest BCUT2D eigenvalue weighted by molar-refractivity contribution is 0.0935. The molecule has 0 radical (unpaired) electrons. The first-order valence-electron chi connectivity index (χ1n) is 9.95. The first-order valence-corrected chi connectivity index (χ1v) is 9.95. The van der Waals surface area contributed by atoms with Crippen molar-refractivity contribution < 1.29 is 4.79 Å². The van der Waals surface area contributed by atoms with Crippen LogP contribution >= 0.6 is 0 Å². The summed E-state index contributed by atoms with van der Waals surface area (Å²) in [5.74, 6) is 1.03. The van der Waals surface area contributed by atoms with Gasteiger partial charge in [0.2, 0.25) is 0 Å². The van der Waals surface area contributed by atoms with Crippen LogP contribution in [0.2, 0.25) is 0 Å². The Balaban J connectivity index is 1.72. The number of rotatable bonds is 7. The number of pyridine rings is 2. The van der Waals surface area contributed by atoms with Crippen LogP contribution in [0.5, 0.6) is 0 Å². The number of benzene rings is 1. The van der Waals surface area contributed by atoms with Crippen molar-refractivity contribution in [3.8, 4) is 11.4 Å². The van der Waals surface area contributed by atoms with Gasteiger partial charge in [0, 0.05) is 49.0 Å². The van der Waals surface area contributed by atoms with Crippen LogP contribution in [-0.4, -0.2) is 32.9 Å². The smallest absolute Gasteiger partial charge is 0.251 e. The van der Waals surface area contributed by atoms with E-state index in [1.807, 2.05) is 48.5 Å². The molecule has 0 spiro atoms. The molecule has 1 amide bonds. The molecule has 7 nitrogen and oxygen atoms in total. The number of aromatic nitrogens is 4. The second-order valence-corrected chi connectivity index (χ2v) is 6.95. The van der Waals surface area contributed by atoms with Gasteiger partial charge in [0.05, 0.1) is 11.7 Å². The molecule has 0 fully saturated rings. The largest absolute Gasteiger partial charge is 0.373 e. The number of amides is 1. The van der Waals surface area contributed by atoms with Crippen LogP contribution in [0.1, 0.15) is 27.7 Å². The molecular formula is C24H22N6O. The minimum absolute atomic E-state index is 0.184. The molecule has 2 N–H and O–H groups in total. The zero-order chi connectivity index (χ0) is 21.5. The van der Waals surface area contributed by atoms with E-state index >= 15 is 0 Å². The molecule has 0 saturated heterocycles. The molecule has 31 heavy (non-hydrogen) atoms. The number of nitrogens with zero attached hydrogens (tertiary/aromatic N) is 4. The lowest BCUT2D eigenvalue weighted by atomic mass is 10.0. The van der Waals surface area contributed by atoms with Crippen molar-refractivity contribution in [1.82, 2.24) is 25.3 Å². The number of anilines is 1. The summed E-state index contributed by atoms with van der Waals surface area (Å²) >= 11 is 0. The molecule has 4 rings (SSSR count). The van der Waals surface area contributed by atoms with Gasteiger partial charge in [-0.25, -0.2) is 9.97 Å². The molecule has 0 aliphatic carbocycles. The van der Waals surface area contributed by atoms with E-state index in [2.05, 4.69) is 25.6 Å². The summed E-state index contributed by atoms with van der Waals surface area (Å²) < 4.78 is 0. The summed E-state index contributed by atoms with van der Waals surface area (Å²) in [5, 5.41) is 6.22. The average molecular weight is 410 g/mol. The Morgan fingerprint density at radius 1 is 0.935 bits per heavy atom. The van der Waals surface area contributed by atoms with Crippen molar-refractivity contribution in [1.29, 1.82) is 0 Å². The van der Waals surface area contributed by atoms with Crippen molar-refractivity contribution >= 4 is 11.7 Å². The number of carbonyl (C=O) groups excluding carboxylic acids is 1. The standard InChI is InChI=1S/C24H22N6O/c1-25-22-15-21(28-23(30-22)19-8-5-11-27-16-19)20(14-17-6-3-2-4-7-17)29-24(31)18-9-12-26-13-10-18/h2-13,15-16,20H,14H2,1H3,(H,29,31)(H,25,28,30)/t20-/m0/s1. The monoisotopic (exact) mass is 410 g/mol. The molecule has 0 bridgehead atoms. The van der Waals surface area contributed by atoms with Gasteiger partial charge < -0.3 is 10.6 Å². The molecule has 0 saturated carbocycles. The molecule has 4 aromatic rings. The van der Waals surface area contributed by atoms with E-state index in [0.29, 0.717) is 29.3 Å². The highest BCUT2D eigenvalue weighted by Gasteiger charge is 2.20. The van der Waals surface area contributed by atoms with Gasteiger partial charge in [-0.3, -0.25) is 14.8 Å². The Morgan fingerprint density at radius 3 is 2.45 bits per heavy atom. The minimum atomic E-state index is -0.353. The van der Waals surface area contributed by atoms with Crippen LogP contribution in [0.3, 0.4) is 0 Å². The van der Waals surface area contributed by atoms with E-state index in [9.17, 15) is 4.79 Å². The summed E-state index contributed by atoms with van der Waals surface area (Å²) in [7, 11) is 1.81. The number of hydrogen-bond acceptors (Lipinski definition) is 6. The predicted molar refractivity (Wildman–Crippen MR) is 119 cm³/mol. The van der Waals surface area contributed by atoms with Gasteiger partial charge in [0.1, 0.15) is 5.82 Å². The highest BCUT2D eigenvalue weighted by atomic mass is 16.1. The predicted octanol–water partition coefficient (Wildman–Crippen LogP) is 3.69. The van der Waals surface area contributed by atoms with Crippen molar-refractivity contribution in [2.45, 2.75) is 12.5 Å². The Morgan fingerprint density at radius 2 is 1.74 bits per heavy atom. The van der Waals surface area contributed by atoms with Gasteiger partial charge >= 0.3 is 0 Å². The van der Waals surface area contributed by atoms with Gasteiger partial charge in [-0.2, -0.15) is 0 Å². The first-order chi connectivity index (χ1) is 15.2. The van der Waals surface area contributed by atoms with E-state index in [1.54, 1.807) is 44.0 Å². The summed E-state index contributed by atoms with van der Waals surface area (Å²) in [6, 6.07) is 18.6. The Kier molecular flexibility index (Phi) is 6.23. The van der Waals surface area contributed by atoms with Crippen molar-refractivity contribution in [3.63, 3.8) is 0 Å². The van der Waals surface area contributed by atoms with E-state index < -0.39 is 0 Å². The highest BCUT2D eigenvalue weighted by Crippen LogP contribution is 2.23. The molecule has 7 heteroatoms. The topological polar surface area (TPSA) is 92.7 Å². The summed E-state index contributed by atoms with van der Waals surface area (Å²) in [4.78, 5) is 30.4. The quantitative estimate of drug-likeness (QED) is 0.483. The van der Waals surface area contributed by atoms with Crippen molar-refractivity contribution in [2.75, 3.05) is 12.4 Å². The maximum Gasteiger partial charge on any atom is 0.251 e. The van der Waals surface area contributed by atoms with Gasteiger partial charge in [-0.1, -0.05) is 30.3 Å². The fourth-order valence-electron chi connectivity index (χ4n) is 3.22. The third kappa shape index (κ3) is 5.08. The lowest BCUT2D eigenvalue weighted by Gasteiger charge is -2.20. The van der Waals surface area contributed by atoms with Crippen molar-refractivity contribution in [2.24, 2.45) is 0 Å². The molecule has 3 heterocycles. The van der Waals surface area contributed by atoms with E-state index in [1.165, 1.54) is 0 Å². The van der Waals surface area contributed by atoms with E-state index in [-0.39, 0.29) is 11.9 Å². The molecule has 0 aliphatic heterocycles. The number of carbonyl (C=O) groups is 1. The highest BCUT2D eigenvalue weighted by molar-refractivity contribution is 5.94. The Bertz CT molecular complexity index is 1140. The summed E-state index contributed by atoms with van der Waals surface area (Å²) in [6.45, 7) is 0. The molecule has 0 unspecified atom stereocenters. The Labute approximate surface area is 180 Å². The third-order valence-corrected chi connectivity index (χ3v) is 4.81.